The molecule has 0 aliphatic heterocycles. The van der Waals surface area contributed by atoms with Crippen LogP contribution in [-0.2, 0) is 10.1 Å². The molecule has 1 aromatic carbocycles. The minimum absolute atomic E-state index is 0.201. The molecule has 0 spiro atoms. The first kappa shape index (κ1) is 12.5. The number of ketones is 1. The highest BCUT2D eigenvalue weighted by Gasteiger charge is 2.21. The minimum Gasteiger partial charge on any atom is -0.507 e. The molecule has 0 saturated carbocycles. The quantitative estimate of drug-likeness (QED) is 0.605. The molecule has 0 fully saturated rings. The predicted octanol–water partition coefficient (Wildman–Crippen LogP) is 0.850. The van der Waals surface area contributed by atoms with Gasteiger partial charge in [-0.25, -0.2) is 0 Å². The molecule has 0 atom stereocenters. The molecule has 2 N–H and O–H groups in total. The molecule has 88 valence electrons. The monoisotopic (exact) mass is 246 g/mol. The number of aromatic hydroxyl groups is 1. The van der Waals surface area contributed by atoms with Crippen LogP contribution in [0.25, 0.3) is 0 Å². The van der Waals surface area contributed by atoms with Crippen molar-refractivity contribution in [1.29, 1.82) is 0 Å². The van der Waals surface area contributed by atoms with Crippen molar-refractivity contribution >= 4 is 15.9 Å². The van der Waals surface area contributed by atoms with E-state index in [1.54, 1.807) is 0 Å². The van der Waals surface area contributed by atoms with E-state index < -0.39 is 26.5 Å². The zero-order valence-electron chi connectivity index (χ0n) is 8.59. The van der Waals surface area contributed by atoms with Crippen molar-refractivity contribution < 1.29 is 27.6 Å². The van der Waals surface area contributed by atoms with Crippen LogP contribution in [0, 0.1) is 0 Å². The van der Waals surface area contributed by atoms with Gasteiger partial charge in [-0.2, -0.15) is 8.42 Å². The molecule has 7 heteroatoms. The lowest BCUT2D eigenvalue weighted by atomic mass is 10.1. The van der Waals surface area contributed by atoms with Gasteiger partial charge >= 0.3 is 0 Å². The van der Waals surface area contributed by atoms with Gasteiger partial charge in [-0.3, -0.25) is 9.35 Å². The third kappa shape index (κ3) is 2.31. The van der Waals surface area contributed by atoms with E-state index in [1.165, 1.54) is 7.11 Å². The number of methoxy groups -OCH3 is 1. The van der Waals surface area contributed by atoms with E-state index in [1.807, 2.05) is 0 Å². The van der Waals surface area contributed by atoms with Gasteiger partial charge in [0.1, 0.15) is 16.4 Å². The van der Waals surface area contributed by atoms with Crippen LogP contribution in [0.3, 0.4) is 0 Å². The van der Waals surface area contributed by atoms with Crippen LogP contribution < -0.4 is 4.74 Å². The average Bonchev–Trinajstić information content (AvgIpc) is 2.14. The highest BCUT2D eigenvalue weighted by Crippen LogP contribution is 2.31. The Morgan fingerprint density at radius 1 is 1.38 bits per heavy atom. The summed E-state index contributed by atoms with van der Waals surface area (Å²) in [6.45, 7) is 1.16. The Labute approximate surface area is 92.2 Å². The summed E-state index contributed by atoms with van der Waals surface area (Å²) in [6, 6.07) is 1.83. The molecule has 1 rings (SSSR count). The number of Topliss-reactive ketones (excluding diaryl/α,β-unsaturated/α-hetero) is 1. The maximum absolute atomic E-state index is 11.1. The molecule has 0 amide bonds. The Balaban J connectivity index is 3.60. The van der Waals surface area contributed by atoms with E-state index in [9.17, 15) is 18.3 Å². The smallest absolute Gasteiger partial charge is 0.298 e. The standard InChI is InChI=1S/C9H10O6S/c1-5(10)6-3-9(16(12,13)14)8(15-2)4-7(6)11/h3-4,11H,1-2H3,(H,12,13,14). The second-order valence-electron chi connectivity index (χ2n) is 3.05. The molecule has 0 radical (unpaired) electrons. The maximum atomic E-state index is 11.1. The molecule has 0 aliphatic carbocycles. The number of carbonyl (C=O) groups is 1. The van der Waals surface area contributed by atoms with E-state index >= 15 is 0 Å². The first-order valence-electron chi connectivity index (χ1n) is 4.16. The van der Waals surface area contributed by atoms with Crippen molar-refractivity contribution in [2.24, 2.45) is 0 Å². The number of carbonyl (C=O) groups excluding carboxylic acids is 1. The van der Waals surface area contributed by atoms with E-state index in [0.29, 0.717) is 0 Å². The zero-order chi connectivity index (χ0) is 12.5. The van der Waals surface area contributed by atoms with Crippen molar-refractivity contribution in [2.75, 3.05) is 7.11 Å². The average molecular weight is 246 g/mol. The molecule has 0 bridgehead atoms. The number of phenols is 1. The Morgan fingerprint density at radius 3 is 2.31 bits per heavy atom. The minimum atomic E-state index is -4.51. The lowest BCUT2D eigenvalue weighted by Gasteiger charge is -2.08. The van der Waals surface area contributed by atoms with Crippen LogP contribution in [0.5, 0.6) is 11.5 Å². The molecule has 6 nitrogen and oxygen atoms in total. The van der Waals surface area contributed by atoms with Gasteiger partial charge in [-0.05, 0) is 13.0 Å². The Morgan fingerprint density at radius 2 is 1.94 bits per heavy atom. The topological polar surface area (TPSA) is 101 Å². The fourth-order valence-electron chi connectivity index (χ4n) is 1.19. The summed E-state index contributed by atoms with van der Waals surface area (Å²) in [7, 11) is -3.33. The fraction of sp³-hybridized carbons (Fsp3) is 0.222. The van der Waals surface area contributed by atoms with Crippen LogP contribution in [0.4, 0.5) is 0 Å². The van der Waals surface area contributed by atoms with Gasteiger partial charge in [0.15, 0.2) is 5.78 Å². The van der Waals surface area contributed by atoms with Crippen LogP contribution in [0.2, 0.25) is 0 Å². The van der Waals surface area contributed by atoms with Crippen LogP contribution >= 0.6 is 0 Å². The molecular formula is C9H10O6S. The number of benzene rings is 1. The van der Waals surface area contributed by atoms with Gasteiger partial charge in [0.2, 0.25) is 0 Å². The van der Waals surface area contributed by atoms with Crippen molar-refractivity contribution in [3.8, 4) is 11.5 Å². The van der Waals surface area contributed by atoms with E-state index in [0.717, 1.165) is 19.1 Å². The van der Waals surface area contributed by atoms with Gasteiger partial charge in [0, 0.05) is 6.07 Å². The van der Waals surface area contributed by atoms with Gasteiger partial charge in [-0.1, -0.05) is 0 Å². The van der Waals surface area contributed by atoms with Crippen molar-refractivity contribution in [3.05, 3.63) is 17.7 Å². The number of hydrogen-bond acceptors (Lipinski definition) is 5. The SMILES string of the molecule is COc1cc(O)c(C(C)=O)cc1S(=O)(=O)O. The molecule has 0 unspecified atom stereocenters. The molecule has 0 saturated heterocycles. The Bertz CT molecular complexity index is 531. The summed E-state index contributed by atoms with van der Waals surface area (Å²) in [5.74, 6) is -1.16. The number of ether oxygens (including phenoxy) is 1. The highest BCUT2D eigenvalue weighted by molar-refractivity contribution is 7.86. The second kappa shape index (κ2) is 4.11. The predicted molar refractivity (Wildman–Crippen MR) is 54.5 cm³/mol. The third-order valence-corrected chi connectivity index (χ3v) is 2.81. The van der Waals surface area contributed by atoms with Crippen molar-refractivity contribution in [3.63, 3.8) is 0 Å². The Hall–Kier alpha value is -1.60. The number of phenolic OH excluding ortho intramolecular Hbond substituents is 1. The summed E-state index contributed by atoms with van der Waals surface area (Å²) in [5, 5.41) is 9.41. The number of rotatable bonds is 3. The summed E-state index contributed by atoms with van der Waals surface area (Å²) in [4.78, 5) is 10.5. The molecule has 1 aromatic rings. The molecule has 0 aliphatic rings. The highest BCUT2D eigenvalue weighted by atomic mass is 32.2. The van der Waals surface area contributed by atoms with Gasteiger partial charge in [0.25, 0.3) is 10.1 Å². The van der Waals surface area contributed by atoms with Crippen LogP contribution in [0.15, 0.2) is 17.0 Å². The van der Waals surface area contributed by atoms with Gasteiger partial charge in [-0.15, -0.1) is 0 Å². The zero-order valence-corrected chi connectivity index (χ0v) is 9.41. The van der Waals surface area contributed by atoms with E-state index in [-0.39, 0.29) is 11.3 Å². The van der Waals surface area contributed by atoms with Crippen LogP contribution in [0.1, 0.15) is 17.3 Å². The van der Waals surface area contributed by atoms with Gasteiger partial charge in [0.05, 0.1) is 12.7 Å². The summed E-state index contributed by atoms with van der Waals surface area (Å²) in [6.07, 6.45) is 0. The largest absolute Gasteiger partial charge is 0.507 e. The summed E-state index contributed by atoms with van der Waals surface area (Å²) < 4.78 is 35.5. The molecule has 16 heavy (non-hydrogen) atoms. The molecule has 0 heterocycles. The molecule has 0 aromatic heterocycles. The fourth-order valence-corrected chi connectivity index (χ4v) is 1.86. The molecular weight excluding hydrogens is 236 g/mol. The van der Waals surface area contributed by atoms with Crippen LogP contribution in [-0.4, -0.2) is 31.0 Å². The van der Waals surface area contributed by atoms with Gasteiger partial charge < -0.3 is 9.84 Å². The number of hydrogen-bond donors (Lipinski definition) is 2. The lowest BCUT2D eigenvalue weighted by Crippen LogP contribution is -2.04. The van der Waals surface area contributed by atoms with E-state index in [2.05, 4.69) is 4.74 Å². The van der Waals surface area contributed by atoms with Crippen molar-refractivity contribution in [2.45, 2.75) is 11.8 Å². The van der Waals surface area contributed by atoms with Crippen molar-refractivity contribution in [1.82, 2.24) is 0 Å². The third-order valence-electron chi connectivity index (χ3n) is 1.94. The first-order chi connectivity index (χ1) is 7.27. The van der Waals surface area contributed by atoms with E-state index in [4.69, 9.17) is 4.55 Å². The maximum Gasteiger partial charge on any atom is 0.298 e. The first-order valence-corrected chi connectivity index (χ1v) is 5.60. The lowest BCUT2D eigenvalue weighted by molar-refractivity contribution is 0.101. The summed E-state index contributed by atoms with van der Waals surface area (Å²) >= 11 is 0. The Kier molecular flexibility index (Phi) is 3.20. The normalized spacial score (nSPS) is 11.2. The summed E-state index contributed by atoms with van der Waals surface area (Å²) in [5.41, 5.74) is -0.201. The second-order valence-corrected chi connectivity index (χ2v) is 4.44.